The highest BCUT2D eigenvalue weighted by molar-refractivity contribution is 6.27. The fourth-order valence-corrected chi connectivity index (χ4v) is 3.26. The molecule has 0 heterocycles. The predicted octanol–water partition coefficient (Wildman–Crippen LogP) is 3.69. The Labute approximate surface area is 209 Å². The van der Waals surface area contributed by atoms with Gasteiger partial charge in [0.1, 0.15) is 0 Å². The summed E-state index contributed by atoms with van der Waals surface area (Å²) >= 11 is 0. The summed E-state index contributed by atoms with van der Waals surface area (Å²) in [4.78, 5) is 30.9. The molecule has 9 heteroatoms. The molecule has 0 saturated heterocycles. The summed E-state index contributed by atoms with van der Waals surface area (Å²) in [5.74, 6) is -2.30. The van der Waals surface area contributed by atoms with Gasteiger partial charge in [-0.1, -0.05) is 54.6 Å². The summed E-state index contributed by atoms with van der Waals surface area (Å²) in [7, 11) is 3.24. The maximum absolute atomic E-state index is 12.7. The van der Waals surface area contributed by atoms with E-state index in [1.165, 1.54) is 0 Å². The number of aliphatic carboxylic acids is 2. The summed E-state index contributed by atoms with van der Waals surface area (Å²) in [6.45, 7) is 2.54. The van der Waals surface area contributed by atoms with Gasteiger partial charge in [-0.25, -0.2) is 9.59 Å². The zero-order chi connectivity index (χ0) is 26.5. The van der Waals surface area contributed by atoms with Gasteiger partial charge in [0.15, 0.2) is 11.5 Å². The molecule has 1 amide bonds. The number of carbonyl (C=O) groups excluding carboxylic acids is 1. The second kappa shape index (κ2) is 14.1. The number of hydrogen-bond acceptors (Lipinski definition) is 6. The van der Waals surface area contributed by atoms with Crippen LogP contribution in [0.4, 0.5) is 5.69 Å². The minimum absolute atomic E-state index is 0.0642. The Morgan fingerprint density at radius 1 is 0.833 bits per heavy atom. The Kier molecular flexibility index (Phi) is 10.9. The number of hydrogen-bond donors (Lipinski definition) is 4. The third-order valence-electron chi connectivity index (χ3n) is 5.16. The molecular formula is C27H30N2O7. The Balaban J connectivity index is 0.000000678. The maximum Gasteiger partial charge on any atom is 0.414 e. The molecule has 3 aromatic rings. The van der Waals surface area contributed by atoms with E-state index in [4.69, 9.17) is 29.3 Å². The normalized spacial score (nSPS) is 10.9. The lowest BCUT2D eigenvalue weighted by molar-refractivity contribution is -0.159. The van der Waals surface area contributed by atoms with Crippen molar-refractivity contribution in [2.75, 3.05) is 26.1 Å². The second-order valence-electron chi connectivity index (χ2n) is 7.63. The molecule has 0 saturated carbocycles. The third-order valence-corrected chi connectivity index (χ3v) is 5.16. The van der Waals surface area contributed by atoms with E-state index in [2.05, 4.69) is 10.6 Å². The highest BCUT2D eigenvalue weighted by Gasteiger charge is 2.14. The molecule has 0 radical (unpaired) electrons. The minimum atomic E-state index is -1.82. The molecule has 3 rings (SSSR count). The van der Waals surface area contributed by atoms with Gasteiger partial charge in [-0.3, -0.25) is 4.79 Å². The van der Waals surface area contributed by atoms with Crippen LogP contribution >= 0.6 is 0 Å². The first kappa shape index (κ1) is 27.9. The lowest BCUT2D eigenvalue weighted by Crippen LogP contribution is -2.39. The van der Waals surface area contributed by atoms with Crippen LogP contribution in [-0.4, -0.2) is 54.9 Å². The summed E-state index contributed by atoms with van der Waals surface area (Å²) in [5.41, 5.74) is 4.00. The molecular weight excluding hydrogens is 464 g/mol. The number of rotatable bonds is 9. The van der Waals surface area contributed by atoms with E-state index in [1.54, 1.807) is 14.2 Å². The van der Waals surface area contributed by atoms with Crippen molar-refractivity contribution in [3.63, 3.8) is 0 Å². The number of nitrogens with one attached hydrogen (secondary N) is 2. The maximum atomic E-state index is 12.7. The molecule has 1 unspecified atom stereocenters. The van der Waals surface area contributed by atoms with E-state index in [-0.39, 0.29) is 11.9 Å². The molecule has 190 valence electrons. The van der Waals surface area contributed by atoms with Crippen molar-refractivity contribution in [1.82, 2.24) is 5.32 Å². The van der Waals surface area contributed by atoms with E-state index in [9.17, 15) is 4.79 Å². The van der Waals surface area contributed by atoms with Crippen LogP contribution < -0.4 is 20.1 Å². The van der Waals surface area contributed by atoms with Gasteiger partial charge in [-0.2, -0.15) is 0 Å². The van der Waals surface area contributed by atoms with Crippen molar-refractivity contribution in [2.24, 2.45) is 0 Å². The molecule has 0 aliphatic rings. The smallest absolute Gasteiger partial charge is 0.414 e. The molecule has 36 heavy (non-hydrogen) atoms. The zero-order valence-electron chi connectivity index (χ0n) is 20.4. The van der Waals surface area contributed by atoms with Gasteiger partial charge in [-0.05, 0) is 49.2 Å². The van der Waals surface area contributed by atoms with Crippen LogP contribution in [0.2, 0.25) is 0 Å². The standard InChI is InChI=1S/C25H28N2O3.C2H2O4/c1-18(26-16-15-19-13-14-23(29-2)24(17-19)30-3)25(28)27-22-12-8-7-11-21(22)20-9-5-4-6-10-20;3-1(4)2(5)6/h4-14,17-18,26H,15-16H2,1-3H3,(H,27,28);(H,3,4)(H,5,6). The summed E-state index contributed by atoms with van der Waals surface area (Å²) in [6, 6.07) is 23.4. The van der Waals surface area contributed by atoms with Crippen LogP contribution in [0.1, 0.15) is 12.5 Å². The van der Waals surface area contributed by atoms with Gasteiger partial charge < -0.3 is 30.3 Å². The lowest BCUT2D eigenvalue weighted by atomic mass is 10.0. The molecule has 0 fully saturated rings. The average molecular weight is 495 g/mol. The summed E-state index contributed by atoms with van der Waals surface area (Å²) in [6.07, 6.45) is 0.776. The third kappa shape index (κ3) is 8.44. The molecule has 0 aliphatic carbocycles. The fourth-order valence-electron chi connectivity index (χ4n) is 3.26. The quantitative estimate of drug-likeness (QED) is 0.331. The van der Waals surface area contributed by atoms with Crippen molar-refractivity contribution in [1.29, 1.82) is 0 Å². The van der Waals surface area contributed by atoms with E-state index >= 15 is 0 Å². The van der Waals surface area contributed by atoms with Gasteiger partial charge in [0, 0.05) is 11.3 Å². The van der Waals surface area contributed by atoms with Gasteiger partial charge in [0.05, 0.1) is 20.3 Å². The zero-order valence-corrected chi connectivity index (χ0v) is 20.4. The van der Waals surface area contributed by atoms with Crippen LogP contribution in [0.25, 0.3) is 11.1 Å². The van der Waals surface area contributed by atoms with Gasteiger partial charge in [-0.15, -0.1) is 0 Å². The molecule has 1 atom stereocenters. The largest absolute Gasteiger partial charge is 0.493 e. The van der Waals surface area contributed by atoms with Crippen LogP contribution in [0.15, 0.2) is 72.8 Å². The number of methoxy groups -OCH3 is 2. The topological polar surface area (TPSA) is 134 Å². The van der Waals surface area contributed by atoms with Gasteiger partial charge >= 0.3 is 11.9 Å². The first-order valence-corrected chi connectivity index (χ1v) is 11.1. The first-order chi connectivity index (χ1) is 17.3. The van der Waals surface area contributed by atoms with Crippen molar-refractivity contribution in [2.45, 2.75) is 19.4 Å². The lowest BCUT2D eigenvalue weighted by Gasteiger charge is -2.16. The Morgan fingerprint density at radius 3 is 2.06 bits per heavy atom. The number of ether oxygens (including phenoxy) is 2. The SMILES string of the molecule is COc1ccc(CCNC(C)C(=O)Nc2ccccc2-c2ccccc2)cc1OC.O=C(O)C(=O)O. The molecule has 0 spiro atoms. The van der Waals surface area contributed by atoms with Crippen LogP contribution in [-0.2, 0) is 20.8 Å². The number of carboxylic acid groups (broad SMARTS) is 2. The van der Waals surface area contributed by atoms with E-state index in [0.29, 0.717) is 18.0 Å². The monoisotopic (exact) mass is 494 g/mol. The van der Waals surface area contributed by atoms with E-state index in [0.717, 1.165) is 28.8 Å². The number of amides is 1. The van der Waals surface area contributed by atoms with Crippen molar-refractivity contribution in [3.8, 4) is 22.6 Å². The van der Waals surface area contributed by atoms with Crippen LogP contribution in [0.3, 0.4) is 0 Å². The molecule has 9 nitrogen and oxygen atoms in total. The van der Waals surface area contributed by atoms with Crippen molar-refractivity contribution >= 4 is 23.5 Å². The molecule has 0 bridgehead atoms. The van der Waals surface area contributed by atoms with Gasteiger partial charge in [0.2, 0.25) is 5.91 Å². The molecule has 3 aromatic carbocycles. The first-order valence-electron chi connectivity index (χ1n) is 11.1. The summed E-state index contributed by atoms with van der Waals surface area (Å²) < 4.78 is 10.6. The number of anilines is 1. The molecule has 0 aromatic heterocycles. The second-order valence-corrected chi connectivity index (χ2v) is 7.63. The minimum Gasteiger partial charge on any atom is -0.493 e. The molecule has 4 N–H and O–H groups in total. The molecule has 0 aliphatic heterocycles. The highest BCUT2D eigenvalue weighted by Crippen LogP contribution is 2.28. The number of benzene rings is 3. The van der Waals surface area contributed by atoms with Crippen molar-refractivity contribution < 1.29 is 34.1 Å². The van der Waals surface area contributed by atoms with Crippen LogP contribution in [0, 0.1) is 0 Å². The van der Waals surface area contributed by atoms with Crippen molar-refractivity contribution in [3.05, 3.63) is 78.4 Å². The number of carboxylic acids is 2. The number of carbonyl (C=O) groups is 3. The highest BCUT2D eigenvalue weighted by atomic mass is 16.5. The number of para-hydroxylation sites is 1. The van der Waals surface area contributed by atoms with E-state index in [1.807, 2.05) is 79.7 Å². The Hall–Kier alpha value is -4.37. The summed E-state index contributed by atoms with van der Waals surface area (Å²) in [5, 5.41) is 21.1. The predicted molar refractivity (Wildman–Crippen MR) is 136 cm³/mol. The van der Waals surface area contributed by atoms with Crippen LogP contribution in [0.5, 0.6) is 11.5 Å². The van der Waals surface area contributed by atoms with Gasteiger partial charge in [0.25, 0.3) is 0 Å². The fraction of sp³-hybridized carbons (Fsp3) is 0.222. The van der Waals surface area contributed by atoms with E-state index < -0.39 is 11.9 Å². The Bertz CT molecular complexity index is 1150. The Morgan fingerprint density at radius 2 is 1.44 bits per heavy atom. The average Bonchev–Trinajstić information content (AvgIpc) is 2.89.